The number of hydrogen-bond donors (Lipinski definition) is 2. The second-order valence-electron chi connectivity index (χ2n) is 1.43. The Morgan fingerprint density at radius 2 is 2.44 bits per heavy atom. The molecule has 2 N–H and O–H groups in total. The van der Waals surface area contributed by atoms with Crippen LogP contribution in [0.2, 0.25) is 0 Å². The van der Waals surface area contributed by atoms with Crippen LogP contribution in [0.5, 0.6) is 5.88 Å². The molecule has 1 rings (SSSR count). The summed E-state index contributed by atoms with van der Waals surface area (Å²) in [6, 6.07) is 0. The van der Waals surface area contributed by atoms with Crippen molar-refractivity contribution in [3.63, 3.8) is 0 Å². The third-order valence-corrected chi connectivity index (χ3v) is 0.842. The zero-order chi connectivity index (χ0) is 6.85. The van der Waals surface area contributed by atoms with Crippen molar-refractivity contribution < 1.29 is 9.52 Å². The number of aromatic amines is 1. The first-order valence-corrected chi connectivity index (χ1v) is 2.28. The molecule has 0 amide bonds. The molecule has 4 nitrogen and oxygen atoms in total. The van der Waals surface area contributed by atoms with Crippen molar-refractivity contribution in [3.8, 4) is 5.88 Å². The summed E-state index contributed by atoms with van der Waals surface area (Å²) >= 11 is 0. The maximum Gasteiger partial charge on any atom is 0.419 e. The minimum absolute atomic E-state index is 0.0694. The van der Waals surface area contributed by atoms with E-state index in [-0.39, 0.29) is 11.6 Å². The standard InChI is InChI=1S/C5H5NO3/c1-2-3-4(7)6-5(8)9-3/h2,7H,1H2,(H,6,8). The zero-order valence-corrected chi connectivity index (χ0v) is 4.55. The van der Waals surface area contributed by atoms with Gasteiger partial charge < -0.3 is 9.52 Å². The van der Waals surface area contributed by atoms with Crippen molar-refractivity contribution in [2.75, 3.05) is 0 Å². The monoisotopic (exact) mass is 127 g/mol. The second kappa shape index (κ2) is 1.81. The fourth-order valence-corrected chi connectivity index (χ4v) is 0.470. The third-order valence-electron chi connectivity index (χ3n) is 0.842. The first-order chi connectivity index (χ1) is 4.24. The van der Waals surface area contributed by atoms with Gasteiger partial charge in [-0.1, -0.05) is 6.58 Å². The Morgan fingerprint density at radius 1 is 1.78 bits per heavy atom. The van der Waals surface area contributed by atoms with Crippen LogP contribution in [0.1, 0.15) is 5.76 Å². The summed E-state index contributed by atoms with van der Waals surface area (Å²) in [6.45, 7) is 3.29. The Labute approximate surface area is 50.4 Å². The predicted octanol–water partition coefficient (Wildman–Crippen LogP) is 0.317. The zero-order valence-electron chi connectivity index (χ0n) is 4.55. The molecule has 0 aliphatic rings. The van der Waals surface area contributed by atoms with E-state index in [4.69, 9.17) is 5.11 Å². The Morgan fingerprint density at radius 3 is 2.67 bits per heavy atom. The molecule has 0 atom stereocenters. The van der Waals surface area contributed by atoms with Crippen LogP contribution in [-0.2, 0) is 0 Å². The number of aromatic nitrogens is 1. The molecule has 0 bridgehead atoms. The van der Waals surface area contributed by atoms with Gasteiger partial charge in [0.2, 0.25) is 5.88 Å². The van der Waals surface area contributed by atoms with Crippen molar-refractivity contribution in [2.24, 2.45) is 0 Å². The highest BCUT2D eigenvalue weighted by Crippen LogP contribution is 2.10. The van der Waals surface area contributed by atoms with Gasteiger partial charge in [-0.15, -0.1) is 0 Å². The number of rotatable bonds is 1. The minimum Gasteiger partial charge on any atom is -0.492 e. The summed E-state index contributed by atoms with van der Waals surface area (Å²) in [7, 11) is 0. The number of oxazole rings is 1. The molecule has 9 heavy (non-hydrogen) atoms. The molecule has 48 valence electrons. The van der Waals surface area contributed by atoms with Crippen molar-refractivity contribution in [1.29, 1.82) is 0 Å². The fourth-order valence-electron chi connectivity index (χ4n) is 0.470. The average Bonchev–Trinajstić information content (AvgIpc) is 2.10. The highest BCUT2D eigenvalue weighted by atomic mass is 16.4. The van der Waals surface area contributed by atoms with E-state index in [9.17, 15) is 4.79 Å². The van der Waals surface area contributed by atoms with E-state index in [1.165, 1.54) is 6.08 Å². The van der Waals surface area contributed by atoms with Crippen molar-refractivity contribution in [2.45, 2.75) is 0 Å². The highest BCUT2D eigenvalue weighted by Gasteiger charge is 2.01. The van der Waals surface area contributed by atoms with Crippen LogP contribution in [0, 0.1) is 0 Å². The number of nitrogens with one attached hydrogen (secondary N) is 1. The molecule has 1 heterocycles. The van der Waals surface area contributed by atoms with E-state index in [1.54, 1.807) is 0 Å². The quantitative estimate of drug-likeness (QED) is 0.570. The third kappa shape index (κ3) is 0.861. The van der Waals surface area contributed by atoms with Gasteiger partial charge >= 0.3 is 5.76 Å². The molecule has 0 saturated heterocycles. The second-order valence-corrected chi connectivity index (χ2v) is 1.43. The highest BCUT2D eigenvalue weighted by molar-refractivity contribution is 5.44. The minimum atomic E-state index is -0.678. The lowest BCUT2D eigenvalue weighted by Gasteiger charge is -1.79. The molecule has 0 aliphatic heterocycles. The molecule has 0 aromatic carbocycles. The molecule has 4 heteroatoms. The molecular formula is C5H5NO3. The molecular weight excluding hydrogens is 122 g/mol. The smallest absolute Gasteiger partial charge is 0.419 e. The lowest BCUT2D eigenvalue weighted by atomic mass is 10.5. The largest absolute Gasteiger partial charge is 0.492 e. The summed E-state index contributed by atoms with van der Waals surface area (Å²) in [6.07, 6.45) is 1.24. The summed E-state index contributed by atoms with van der Waals surface area (Å²) in [5, 5.41) is 8.71. The fraction of sp³-hybridized carbons (Fsp3) is 0. The summed E-state index contributed by atoms with van der Waals surface area (Å²) < 4.78 is 4.38. The summed E-state index contributed by atoms with van der Waals surface area (Å²) in [4.78, 5) is 12.3. The van der Waals surface area contributed by atoms with Gasteiger partial charge in [0.05, 0.1) is 0 Å². The van der Waals surface area contributed by atoms with Crippen molar-refractivity contribution in [3.05, 3.63) is 22.9 Å². The average molecular weight is 127 g/mol. The Kier molecular flexibility index (Phi) is 1.14. The van der Waals surface area contributed by atoms with Crippen LogP contribution in [0.15, 0.2) is 15.8 Å². The van der Waals surface area contributed by atoms with E-state index in [0.29, 0.717) is 0 Å². The van der Waals surface area contributed by atoms with Gasteiger partial charge in [0.25, 0.3) is 0 Å². The first-order valence-electron chi connectivity index (χ1n) is 2.28. The van der Waals surface area contributed by atoms with Crippen LogP contribution in [-0.4, -0.2) is 10.1 Å². The summed E-state index contributed by atoms with van der Waals surface area (Å²) in [5.74, 6) is -0.891. The van der Waals surface area contributed by atoms with Crippen molar-refractivity contribution >= 4 is 6.08 Å². The SMILES string of the molecule is C=Cc1oc(=O)[nH]c1O. The Balaban J connectivity index is 3.31. The Bertz CT molecular complexity index is 270. The van der Waals surface area contributed by atoms with Gasteiger partial charge in [-0.2, -0.15) is 0 Å². The molecule has 0 unspecified atom stereocenters. The van der Waals surface area contributed by atoms with Gasteiger partial charge in [-0.3, -0.25) is 4.98 Å². The lowest BCUT2D eigenvalue weighted by Crippen LogP contribution is -1.92. The number of hydrogen-bond acceptors (Lipinski definition) is 3. The van der Waals surface area contributed by atoms with Crippen LogP contribution < -0.4 is 5.76 Å². The van der Waals surface area contributed by atoms with E-state index < -0.39 is 5.76 Å². The molecule has 1 aromatic rings. The summed E-state index contributed by atoms with van der Waals surface area (Å²) in [5.41, 5.74) is 0. The maximum atomic E-state index is 10.2. The topological polar surface area (TPSA) is 66.2 Å². The molecule has 0 saturated carbocycles. The van der Waals surface area contributed by atoms with Crippen LogP contribution >= 0.6 is 0 Å². The van der Waals surface area contributed by atoms with Crippen LogP contribution in [0.4, 0.5) is 0 Å². The van der Waals surface area contributed by atoms with Gasteiger partial charge in [0.1, 0.15) is 0 Å². The first kappa shape index (κ1) is 5.68. The van der Waals surface area contributed by atoms with Gasteiger partial charge in [-0.05, 0) is 6.08 Å². The van der Waals surface area contributed by atoms with Crippen LogP contribution in [0.25, 0.3) is 6.08 Å². The van der Waals surface area contributed by atoms with E-state index in [1.807, 2.05) is 4.98 Å². The van der Waals surface area contributed by atoms with Gasteiger partial charge in [0.15, 0.2) is 5.76 Å². The lowest BCUT2D eigenvalue weighted by molar-refractivity contribution is 0.443. The van der Waals surface area contributed by atoms with Crippen LogP contribution in [0.3, 0.4) is 0 Å². The molecule has 0 aliphatic carbocycles. The van der Waals surface area contributed by atoms with Gasteiger partial charge in [0, 0.05) is 0 Å². The maximum absolute atomic E-state index is 10.2. The normalized spacial score (nSPS) is 9.33. The van der Waals surface area contributed by atoms with E-state index in [2.05, 4.69) is 11.0 Å². The molecule has 0 radical (unpaired) electrons. The Hall–Kier alpha value is -1.45. The van der Waals surface area contributed by atoms with E-state index in [0.717, 1.165) is 0 Å². The van der Waals surface area contributed by atoms with E-state index >= 15 is 0 Å². The predicted molar refractivity (Wildman–Crippen MR) is 31.1 cm³/mol. The van der Waals surface area contributed by atoms with Crippen molar-refractivity contribution in [1.82, 2.24) is 4.98 Å². The van der Waals surface area contributed by atoms with Gasteiger partial charge in [-0.25, -0.2) is 4.79 Å². The molecule has 0 fully saturated rings. The molecule has 1 aromatic heterocycles. The molecule has 0 spiro atoms. The number of aromatic hydroxyl groups is 1. The number of H-pyrrole nitrogens is 1.